The molecule has 0 fully saturated rings. The van der Waals surface area contributed by atoms with Crippen LogP contribution in [-0.4, -0.2) is 26.8 Å². The standard InChI is InChI=1S/C24H25FN4O2S/c1-3-4-5-10-15-32-24-26-22-21(27-28-24)18-12-7-9-14-20(18)29(16(2)30)23(31-22)17-11-6-8-13-19(17)25/h6-9,11-14,23H,3-5,10,15H2,1-2H3/t23-/m1/s1. The molecule has 1 aromatic heterocycles. The van der Waals surface area contributed by atoms with E-state index in [2.05, 4.69) is 22.1 Å². The highest BCUT2D eigenvalue weighted by Crippen LogP contribution is 2.43. The molecule has 1 aliphatic heterocycles. The number of anilines is 1. The Labute approximate surface area is 191 Å². The highest BCUT2D eigenvalue weighted by atomic mass is 32.2. The molecular weight excluding hydrogens is 427 g/mol. The van der Waals surface area contributed by atoms with Crippen molar-refractivity contribution in [2.45, 2.75) is 50.9 Å². The van der Waals surface area contributed by atoms with Crippen LogP contribution in [0.4, 0.5) is 10.1 Å². The Balaban J connectivity index is 1.76. The van der Waals surface area contributed by atoms with E-state index in [1.165, 1.54) is 42.5 Å². The minimum Gasteiger partial charge on any atom is -0.447 e. The lowest BCUT2D eigenvalue weighted by Gasteiger charge is -2.30. The van der Waals surface area contributed by atoms with Crippen LogP contribution in [0.1, 0.15) is 51.3 Å². The smallest absolute Gasteiger partial charge is 0.247 e. The third kappa shape index (κ3) is 4.60. The molecule has 2 heterocycles. The van der Waals surface area contributed by atoms with Crippen LogP contribution in [0, 0.1) is 5.82 Å². The number of para-hydroxylation sites is 1. The number of hydrogen-bond donors (Lipinski definition) is 0. The molecule has 0 radical (unpaired) electrons. The first-order valence-corrected chi connectivity index (χ1v) is 11.8. The van der Waals surface area contributed by atoms with Crippen molar-refractivity contribution in [2.75, 3.05) is 10.7 Å². The van der Waals surface area contributed by atoms with Gasteiger partial charge in [-0.3, -0.25) is 9.69 Å². The molecule has 0 bridgehead atoms. The molecule has 6 nitrogen and oxygen atoms in total. The lowest BCUT2D eigenvalue weighted by Crippen LogP contribution is -2.36. The van der Waals surface area contributed by atoms with Crippen LogP contribution >= 0.6 is 11.8 Å². The predicted molar refractivity (Wildman–Crippen MR) is 123 cm³/mol. The third-order valence-corrected chi connectivity index (χ3v) is 6.18. The summed E-state index contributed by atoms with van der Waals surface area (Å²) in [7, 11) is 0. The van der Waals surface area contributed by atoms with Gasteiger partial charge in [-0.2, -0.15) is 4.98 Å². The molecule has 1 aliphatic rings. The van der Waals surface area contributed by atoms with E-state index in [1.807, 2.05) is 18.2 Å². The molecule has 2 aromatic carbocycles. The number of carbonyl (C=O) groups is 1. The van der Waals surface area contributed by atoms with Gasteiger partial charge in [-0.05, 0) is 18.6 Å². The number of benzene rings is 2. The van der Waals surface area contributed by atoms with Crippen LogP contribution in [0.3, 0.4) is 0 Å². The Morgan fingerprint density at radius 1 is 1.09 bits per heavy atom. The number of carbonyl (C=O) groups excluding carboxylic acids is 1. The van der Waals surface area contributed by atoms with E-state index in [9.17, 15) is 9.18 Å². The summed E-state index contributed by atoms with van der Waals surface area (Å²) in [6, 6.07) is 13.6. The number of hydrogen-bond acceptors (Lipinski definition) is 6. The van der Waals surface area contributed by atoms with Crippen LogP contribution in [0.2, 0.25) is 0 Å². The lowest BCUT2D eigenvalue weighted by atomic mass is 10.1. The highest BCUT2D eigenvalue weighted by molar-refractivity contribution is 7.99. The first-order valence-electron chi connectivity index (χ1n) is 10.8. The summed E-state index contributed by atoms with van der Waals surface area (Å²) in [4.78, 5) is 18.8. The molecule has 0 unspecified atom stereocenters. The third-order valence-electron chi connectivity index (χ3n) is 5.25. The van der Waals surface area contributed by atoms with Crippen molar-refractivity contribution in [3.8, 4) is 17.1 Å². The molecule has 8 heteroatoms. The summed E-state index contributed by atoms with van der Waals surface area (Å²) in [6.07, 6.45) is 3.59. The average Bonchev–Trinajstić information content (AvgIpc) is 2.93. The summed E-state index contributed by atoms with van der Waals surface area (Å²) in [6.45, 7) is 3.61. The van der Waals surface area contributed by atoms with Crippen molar-refractivity contribution >= 4 is 23.4 Å². The van der Waals surface area contributed by atoms with E-state index < -0.39 is 12.0 Å². The van der Waals surface area contributed by atoms with Gasteiger partial charge in [0.05, 0.1) is 5.69 Å². The van der Waals surface area contributed by atoms with Crippen LogP contribution in [0.15, 0.2) is 53.7 Å². The van der Waals surface area contributed by atoms with Crippen LogP contribution < -0.4 is 9.64 Å². The number of fused-ring (bicyclic) bond motifs is 3. The van der Waals surface area contributed by atoms with Crippen molar-refractivity contribution in [1.82, 2.24) is 15.2 Å². The second kappa shape index (κ2) is 10.1. The van der Waals surface area contributed by atoms with Crippen molar-refractivity contribution in [3.63, 3.8) is 0 Å². The van der Waals surface area contributed by atoms with E-state index in [0.29, 0.717) is 22.1 Å². The van der Waals surface area contributed by atoms with E-state index in [4.69, 9.17) is 4.74 Å². The maximum atomic E-state index is 14.8. The summed E-state index contributed by atoms with van der Waals surface area (Å²) >= 11 is 1.52. The van der Waals surface area contributed by atoms with Gasteiger partial charge in [-0.25, -0.2) is 4.39 Å². The first kappa shape index (κ1) is 22.2. The molecule has 0 aliphatic carbocycles. The topological polar surface area (TPSA) is 68.2 Å². The Morgan fingerprint density at radius 3 is 2.66 bits per heavy atom. The Kier molecular flexibility index (Phi) is 6.99. The molecule has 1 atom stereocenters. The summed E-state index contributed by atoms with van der Waals surface area (Å²) in [5.41, 5.74) is 1.91. The zero-order valence-electron chi connectivity index (χ0n) is 18.1. The number of nitrogens with zero attached hydrogens (tertiary/aromatic N) is 4. The van der Waals surface area contributed by atoms with E-state index in [1.54, 1.807) is 24.3 Å². The largest absolute Gasteiger partial charge is 0.447 e. The van der Waals surface area contributed by atoms with Crippen LogP contribution in [0.5, 0.6) is 5.88 Å². The summed E-state index contributed by atoms with van der Waals surface area (Å²) < 4.78 is 21.0. The number of unbranched alkanes of at least 4 members (excludes halogenated alkanes) is 3. The van der Waals surface area contributed by atoms with Crippen molar-refractivity contribution < 1.29 is 13.9 Å². The quantitative estimate of drug-likeness (QED) is 0.334. The molecule has 0 saturated carbocycles. The van der Waals surface area contributed by atoms with E-state index >= 15 is 0 Å². The Hall–Kier alpha value is -3.00. The normalized spacial score (nSPS) is 14.8. The molecule has 0 spiro atoms. The SMILES string of the molecule is CCCCCCSc1nnc2c(n1)O[C@H](c1ccccc1F)N(C(C)=O)c1ccccc1-2. The van der Waals surface area contributed by atoms with Gasteiger partial charge in [-0.15, -0.1) is 10.2 Å². The number of amides is 1. The Bertz CT molecular complexity index is 1110. The fourth-order valence-electron chi connectivity index (χ4n) is 3.68. The average molecular weight is 453 g/mol. The molecular formula is C24H25FN4O2S. The number of aromatic nitrogens is 3. The van der Waals surface area contributed by atoms with E-state index in [-0.39, 0.29) is 17.4 Å². The maximum Gasteiger partial charge on any atom is 0.247 e. The number of rotatable bonds is 7. The van der Waals surface area contributed by atoms with Crippen molar-refractivity contribution in [3.05, 3.63) is 59.9 Å². The maximum absolute atomic E-state index is 14.8. The van der Waals surface area contributed by atoms with Gasteiger partial charge in [0.15, 0.2) is 5.69 Å². The van der Waals surface area contributed by atoms with Gasteiger partial charge < -0.3 is 4.74 Å². The molecule has 32 heavy (non-hydrogen) atoms. The van der Waals surface area contributed by atoms with Crippen molar-refractivity contribution in [1.29, 1.82) is 0 Å². The van der Waals surface area contributed by atoms with E-state index in [0.717, 1.165) is 18.6 Å². The molecule has 3 aromatic rings. The van der Waals surface area contributed by atoms with Gasteiger partial charge in [0.2, 0.25) is 23.2 Å². The van der Waals surface area contributed by atoms with Crippen LogP contribution in [0.25, 0.3) is 11.3 Å². The zero-order chi connectivity index (χ0) is 22.5. The first-order chi connectivity index (χ1) is 15.6. The predicted octanol–water partition coefficient (Wildman–Crippen LogP) is 5.79. The van der Waals surface area contributed by atoms with Gasteiger partial charge in [0.25, 0.3) is 0 Å². The van der Waals surface area contributed by atoms with Crippen LogP contribution in [-0.2, 0) is 4.79 Å². The van der Waals surface area contributed by atoms with Gasteiger partial charge >= 0.3 is 0 Å². The summed E-state index contributed by atoms with van der Waals surface area (Å²) in [5, 5.41) is 9.17. The molecule has 1 amide bonds. The van der Waals surface area contributed by atoms with Gasteiger partial charge in [0.1, 0.15) is 5.82 Å². The minimum absolute atomic E-state index is 0.237. The van der Waals surface area contributed by atoms with Gasteiger partial charge in [-0.1, -0.05) is 74.3 Å². The zero-order valence-corrected chi connectivity index (χ0v) is 18.9. The molecule has 166 valence electrons. The Morgan fingerprint density at radius 2 is 1.88 bits per heavy atom. The number of ether oxygens (including phenoxy) is 1. The number of thioether (sulfide) groups is 1. The van der Waals surface area contributed by atoms with Gasteiger partial charge in [0, 0.05) is 23.8 Å². The monoisotopic (exact) mass is 452 g/mol. The molecule has 0 saturated heterocycles. The number of halogens is 1. The highest BCUT2D eigenvalue weighted by Gasteiger charge is 2.35. The summed E-state index contributed by atoms with van der Waals surface area (Å²) in [5.74, 6) is 0.377. The molecule has 0 N–H and O–H groups in total. The van der Waals surface area contributed by atoms with Crippen molar-refractivity contribution in [2.24, 2.45) is 0 Å². The second-order valence-corrected chi connectivity index (χ2v) is 8.62. The molecule has 4 rings (SSSR count). The second-order valence-electron chi connectivity index (χ2n) is 7.56. The fraction of sp³-hybridized carbons (Fsp3) is 0.333. The fourth-order valence-corrected chi connectivity index (χ4v) is 4.46. The lowest BCUT2D eigenvalue weighted by molar-refractivity contribution is -0.118. The minimum atomic E-state index is -1.02.